The number of unbranched alkanes of at least 4 members (excludes halogenated alkanes) is 1. The predicted octanol–water partition coefficient (Wildman–Crippen LogP) is 6.28. The van der Waals surface area contributed by atoms with Crippen molar-refractivity contribution in [2.75, 3.05) is 20.2 Å². The molecule has 1 aromatic carbocycles. The van der Waals surface area contributed by atoms with E-state index in [1.54, 1.807) is 0 Å². The third kappa shape index (κ3) is 7.25. The van der Waals surface area contributed by atoms with Crippen LogP contribution in [0.15, 0.2) is 53.8 Å². The minimum Gasteiger partial charge on any atom is -0.468 e. The number of piperidine rings is 1. The van der Waals surface area contributed by atoms with E-state index >= 15 is 0 Å². The van der Waals surface area contributed by atoms with Crippen molar-refractivity contribution in [2.24, 2.45) is 17.3 Å². The molecule has 5 rings (SSSR count). The van der Waals surface area contributed by atoms with E-state index in [1.165, 1.54) is 43.9 Å². The minimum atomic E-state index is -1.11. The van der Waals surface area contributed by atoms with Gasteiger partial charge in [0.05, 0.1) is 19.3 Å². The van der Waals surface area contributed by atoms with Crippen LogP contribution in [-0.4, -0.2) is 55.1 Å². The molecule has 0 radical (unpaired) electrons. The van der Waals surface area contributed by atoms with Gasteiger partial charge in [-0.2, -0.15) is 0 Å². The fourth-order valence-corrected chi connectivity index (χ4v) is 7.79. The molecular weight excluding hydrogens is 540 g/mol. The Kier molecular flexibility index (Phi) is 10.8. The van der Waals surface area contributed by atoms with Crippen LogP contribution in [0.5, 0.6) is 0 Å². The molecule has 2 heterocycles. The number of hydrogen-bond donors (Lipinski definition) is 1. The zero-order valence-corrected chi connectivity index (χ0v) is 26.2. The molecule has 234 valence electrons. The Morgan fingerprint density at radius 2 is 1.86 bits per heavy atom. The largest absolute Gasteiger partial charge is 0.468 e. The van der Waals surface area contributed by atoms with Crippen molar-refractivity contribution in [3.63, 3.8) is 0 Å². The summed E-state index contributed by atoms with van der Waals surface area (Å²) in [4.78, 5) is 42.9. The zero-order valence-electron chi connectivity index (χ0n) is 26.2. The van der Waals surface area contributed by atoms with Gasteiger partial charge in [0.25, 0.3) is 0 Å². The van der Waals surface area contributed by atoms with Crippen molar-refractivity contribution in [3.8, 4) is 0 Å². The first-order valence-electron chi connectivity index (χ1n) is 16.7. The highest BCUT2D eigenvalue weighted by atomic mass is 16.5. The molecule has 7 nitrogen and oxygen atoms in total. The first-order chi connectivity index (χ1) is 20.9. The van der Waals surface area contributed by atoms with Gasteiger partial charge >= 0.3 is 5.97 Å². The number of amides is 2. The van der Waals surface area contributed by atoms with Gasteiger partial charge in [-0.25, -0.2) is 0 Å². The lowest BCUT2D eigenvalue weighted by Crippen LogP contribution is -2.60. The van der Waals surface area contributed by atoms with Crippen LogP contribution >= 0.6 is 0 Å². The molecular formula is C36H50N2O5. The third-order valence-corrected chi connectivity index (χ3v) is 10.3. The monoisotopic (exact) mass is 590 g/mol. The molecule has 2 aliphatic carbocycles. The number of hydrogen-bond acceptors (Lipinski definition) is 5. The number of esters is 1. The van der Waals surface area contributed by atoms with Gasteiger partial charge in [-0.05, 0) is 95.1 Å². The zero-order chi connectivity index (χ0) is 30.2. The Labute approximate surface area is 257 Å². The van der Waals surface area contributed by atoms with Crippen molar-refractivity contribution in [3.05, 3.63) is 59.3 Å². The number of nitrogens with one attached hydrogen (secondary N) is 1. The first-order valence-corrected chi connectivity index (χ1v) is 16.7. The number of nitrogens with zero attached hydrogens (tertiary/aromatic N) is 1. The van der Waals surface area contributed by atoms with E-state index in [0.717, 1.165) is 57.1 Å². The smallest absolute Gasteiger partial charge is 0.320 e. The van der Waals surface area contributed by atoms with Crippen LogP contribution in [0.1, 0.15) is 96.0 Å². The normalized spacial score (nSPS) is 27.7. The van der Waals surface area contributed by atoms with Gasteiger partial charge in [0.15, 0.2) is 0 Å². The second-order valence-corrected chi connectivity index (χ2v) is 13.0. The lowest BCUT2D eigenvalue weighted by atomic mass is 9.66. The van der Waals surface area contributed by atoms with E-state index < -0.39 is 17.4 Å². The first kappa shape index (κ1) is 31.5. The predicted molar refractivity (Wildman–Crippen MR) is 167 cm³/mol. The number of methoxy groups -OCH3 is 1. The highest BCUT2D eigenvalue weighted by Gasteiger charge is 2.60. The Morgan fingerprint density at radius 1 is 1.07 bits per heavy atom. The Bertz CT molecular complexity index is 1190. The number of rotatable bonds is 12. The molecule has 4 aliphatic rings. The average molecular weight is 591 g/mol. The molecule has 4 atom stereocenters. The summed E-state index contributed by atoms with van der Waals surface area (Å²) in [5.74, 6) is -0.796. The summed E-state index contributed by atoms with van der Waals surface area (Å²) in [6.45, 7) is 3.03. The number of fused-ring (bicyclic) bond motifs is 1. The summed E-state index contributed by atoms with van der Waals surface area (Å²) in [5, 5.41) is 3.04. The fraction of sp³-hybridized carbons (Fsp3) is 0.639. The van der Waals surface area contributed by atoms with Crippen LogP contribution < -0.4 is 5.32 Å². The fourth-order valence-electron chi connectivity index (χ4n) is 7.79. The van der Waals surface area contributed by atoms with Crippen molar-refractivity contribution in [1.82, 2.24) is 10.2 Å². The summed E-state index contributed by atoms with van der Waals surface area (Å²) in [7, 11) is 1.41. The maximum Gasteiger partial charge on any atom is 0.320 e. The van der Waals surface area contributed by atoms with Crippen molar-refractivity contribution < 1.29 is 23.9 Å². The van der Waals surface area contributed by atoms with Gasteiger partial charge in [0.1, 0.15) is 5.41 Å². The molecule has 43 heavy (non-hydrogen) atoms. The summed E-state index contributed by atoms with van der Waals surface area (Å²) < 4.78 is 12.0. The number of aryl methyl sites for hydroxylation is 1. The molecule has 0 bridgehead atoms. The molecule has 0 spiro atoms. The number of carbonyl (C=O) groups is 3. The Balaban J connectivity index is 1.32. The number of allylic oxidation sites excluding steroid dienone is 1. The SMILES string of the molecule is COC(=O)[C@]12C[C@H](CC(=O)NCCCCc3ccccc3)C(=O)N(CCC3=CCCCC3)C1=C[C@H](C1CCCC1)O[C@@H]2C. The molecule has 7 heteroatoms. The average Bonchev–Trinajstić information content (AvgIpc) is 3.57. The summed E-state index contributed by atoms with van der Waals surface area (Å²) in [6, 6.07) is 10.3. The van der Waals surface area contributed by atoms with Crippen LogP contribution in [0, 0.1) is 17.3 Å². The van der Waals surface area contributed by atoms with Gasteiger partial charge in [0.2, 0.25) is 11.8 Å². The number of likely N-dealkylation sites (tertiary alicyclic amines) is 1. The molecule has 0 aromatic heterocycles. The topological polar surface area (TPSA) is 84.9 Å². The van der Waals surface area contributed by atoms with E-state index in [0.29, 0.717) is 19.0 Å². The molecule has 2 amide bonds. The van der Waals surface area contributed by atoms with Crippen LogP contribution in [0.25, 0.3) is 0 Å². The number of ether oxygens (including phenoxy) is 2. The van der Waals surface area contributed by atoms with Crippen molar-refractivity contribution in [1.29, 1.82) is 0 Å². The van der Waals surface area contributed by atoms with Crippen LogP contribution in [0.4, 0.5) is 0 Å². The number of benzene rings is 1. The van der Waals surface area contributed by atoms with Crippen LogP contribution in [0.2, 0.25) is 0 Å². The maximum absolute atomic E-state index is 14.2. The van der Waals surface area contributed by atoms with Gasteiger partial charge in [0, 0.05) is 31.1 Å². The number of carbonyl (C=O) groups excluding carboxylic acids is 3. The second kappa shape index (κ2) is 14.7. The quantitative estimate of drug-likeness (QED) is 0.176. The molecule has 1 saturated heterocycles. The van der Waals surface area contributed by atoms with Crippen molar-refractivity contribution >= 4 is 17.8 Å². The van der Waals surface area contributed by atoms with Crippen LogP contribution in [0.3, 0.4) is 0 Å². The minimum absolute atomic E-state index is 0.0549. The van der Waals surface area contributed by atoms with Crippen LogP contribution in [-0.2, 0) is 30.3 Å². The van der Waals surface area contributed by atoms with E-state index in [1.807, 2.05) is 30.0 Å². The highest BCUT2D eigenvalue weighted by Crippen LogP contribution is 2.52. The van der Waals surface area contributed by atoms with E-state index in [9.17, 15) is 14.4 Å². The summed E-state index contributed by atoms with van der Waals surface area (Å²) >= 11 is 0. The molecule has 2 fully saturated rings. The second-order valence-electron chi connectivity index (χ2n) is 13.0. The molecule has 2 aliphatic heterocycles. The molecule has 1 aromatic rings. The van der Waals surface area contributed by atoms with Gasteiger partial charge < -0.3 is 19.7 Å². The Hall–Kier alpha value is -2.93. The molecule has 1 N–H and O–H groups in total. The van der Waals surface area contributed by atoms with Crippen molar-refractivity contribution in [2.45, 2.75) is 109 Å². The van der Waals surface area contributed by atoms with E-state index in [2.05, 4.69) is 29.6 Å². The summed E-state index contributed by atoms with van der Waals surface area (Å²) in [5.41, 5.74) is 2.31. The van der Waals surface area contributed by atoms with Gasteiger partial charge in [-0.15, -0.1) is 0 Å². The Morgan fingerprint density at radius 3 is 2.58 bits per heavy atom. The molecule has 0 unspecified atom stereocenters. The van der Waals surface area contributed by atoms with E-state index in [-0.39, 0.29) is 36.7 Å². The van der Waals surface area contributed by atoms with E-state index in [4.69, 9.17) is 9.47 Å². The maximum atomic E-state index is 14.2. The molecule has 1 saturated carbocycles. The summed E-state index contributed by atoms with van der Waals surface area (Å²) in [6.07, 6.45) is 16.8. The lowest BCUT2D eigenvalue weighted by molar-refractivity contribution is -0.177. The standard InChI is InChI=1S/C36H50N2O5/c1-26-36(35(41)42-2)25-30(23-33(39)37-21-12-11-17-27-13-5-3-6-14-27)34(40)38(22-20-28-15-7-4-8-16-28)32(36)24-31(43-26)29-18-9-10-19-29/h3,5-6,13-15,24,26,29-31H,4,7-12,16-23,25H2,1-2H3,(H,37,39)/t26-,30+,31-,36+/m1/s1. The third-order valence-electron chi connectivity index (χ3n) is 10.3. The van der Waals surface area contributed by atoms with Gasteiger partial charge in [-0.3, -0.25) is 14.4 Å². The van der Waals surface area contributed by atoms with Gasteiger partial charge in [-0.1, -0.05) is 54.8 Å². The highest BCUT2D eigenvalue weighted by molar-refractivity contribution is 5.92. The lowest BCUT2D eigenvalue weighted by Gasteiger charge is -2.52.